The van der Waals surface area contributed by atoms with Crippen LogP contribution in [0.1, 0.15) is 26.7 Å². The van der Waals surface area contributed by atoms with Crippen LogP contribution in [0.2, 0.25) is 0 Å². The van der Waals surface area contributed by atoms with Crippen LogP contribution in [-0.2, 0) is 14.8 Å². The number of nitrogens with zero attached hydrogens (tertiary/aromatic N) is 1. The second kappa shape index (κ2) is 8.22. The van der Waals surface area contributed by atoms with Crippen molar-refractivity contribution < 1.29 is 23.1 Å². The first-order valence-corrected chi connectivity index (χ1v) is 8.44. The minimum absolute atomic E-state index is 0.0341. The maximum atomic E-state index is 12.2. The first kappa shape index (κ1) is 17.8. The average Bonchev–Trinajstić information content (AvgIpc) is 2.38. The topological polar surface area (TPSA) is 95.9 Å². The molecule has 2 N–H and O–H groups in total. The Morgan fingerprint density at radius 2 is 2.10 bits per heavy atom. The van der Waals surface area contributed by atoms with Gasteiger partial charge >= 0.3 is 6.09 Å². The Kier molecular flexibility index (Phi) is 6.95. The van der Waals surface area contributed by atoms with E-state index in [4.69, 9.17) is 9.84 Å². The molecule has 1 aliphatic heterocycles. The third kappa shape index (κ3) is 6.33. The summed E-state index contributed by atoms with van der Waals surface area (Å²) in [5.41, 5.74) is 0. The molecule has 0 spiro atoms. The lowest BCUT2D eigenvalue weighted by Gasteiger charge is -2.31. The van der Waals surface area contributed by atoms with Crippen molar-refractivity contribution in [1.29, 1.82) is 0 Å². The van der Waals surface area contributed by atoms with Gasteiger partial charge in [0.15, 0.2) is 0 Å². The molecule has 0 aromatic heterocycles. The number of ether oxygens (including phenoxy) is 1. The summed E-state index contributed by atoms with van der Waals surface area (Å²) >= 11 is 0. The van der Waals surface area contributed by atoms with Crippen LogP contribution in [0.25, 0.3) is 0 Å². The highest BCUT2D eigenvalue weighted by atomic mass is 32.2. The van der Waals surface area contributed by atoms with E-state index in [-0.39, 0.29) is 11.9 Å². The van der Waals surface area contributed by atoms with Crippen molar-refractivity contribution in [2.75, 3.05) is 25.4 Å². The molecule has 0 aromatic carbocycles. The van der Waals surface area contributed by atoms with Crippen molar-refractivity contribution in [3.8, 4) is 11.8 Å². The summed E-state index contributed by atoms with van der Waals surface area (Å²) in [6.07, 6.45) is 0.0743. The van der Waals surface area contributed by atoms with Crippen LogP contribution in [0.3, 0.4) is 0 Å². The van der Waals surface area contributed by atoms with Crippen LogP contribution < -0.4 is 5.32 Å². The van der Waals surface area contributed by atoms with Gasteiger partial charge in [0.25, 0.3) is 0 Å². The smallest absolute Gasteiger partial charge is 0.404 e. The van der Waals surface area contributed by atoms with Gasteiger partial charge < -0.3 is 15.2 Å². The highest BCUT2D eigenvalue weighted by molar-refractivity contribution is 7.89. The zero-order chi connectivity index (χ0) is 15.9. The molecule has 7 nitrogen and oxygen atoms in total. The monoisotopic (exact) mass is 318 g/mol. The van der Waals surface area contributed by atoms with Crippen LogP contribution in [0.4, 0.5) is 4.79 Å². The molecular formula is C13H22N2O5S. The van der Waals surface area contributed by atoms with Gasteiger partial charge in [-0.05, 0) is 26.7 Å². The van der Waals surface area contributed by atoms with Crippen molar-refractivity contribution >= 4 is 16.1 Å². The second-order valence-electron chi connectivity index (χ2n) is 4.97. The molecule has 120 valence electrons. The van der Waals surface area contributed by atoms with E-state index in [0.717, 1.165) is 0 Å². The maximum absolute atomic E-state index is 12.2. The normalized spacial score (nSPS) is 18.6. The van der Waals surface area contributed by atoms with E-state index in [1.54, 1.807) is 6.92 Å². The summed E-state index contributed by atoms with van der Waals surface area (Å²) in [5, 5.41) is 10.7. The van der Waals surface area contributed by atoms with Crippen molar-refractivity contribution in [2.24, 2.45) is 0 Å². The van der Waals surface area contributed by atoms with Crippen LogP contribution in [0.15, 0.2) is 0 Å². The SMILES string of the molecule is CC#CCOC1CCN(S(=O)(=O)CC(C)NC(=O)O)CC1. The Balaban J connectivity index is 2.44. The molecule has 1 atom stereocenters. The van der Waals surface area contributed by atoms with Gasteiger partial charge in [0, 0.05) is 19.1 Å². The summed E-state index contributed by atoms with van der Waals surface area (Å²) in [6, 6.07) is -0.638. The highest BCUT2D eigenvalue weighted by Crippen LogP contribution is 2.17. The van der Waals surface area contributed by atoms with Gasteiger partial charge in [0.05, 0.1) is 11.9 Å². The van der Waals surface area contributed by atoms with Crippen molar-refractivity contribution in [3.63, 3.8) is 0 Å². The van der Waals surface area contributed by atoms with E-state index in [2.05, 4.69) is 17.2 Å². The number of carboxylic acid groups (broad SMARTS) is 1. The van der Waals surface area contributed by atoms with E-state index in [9.17, 15) is 13.2 Å². The molecule has 8 heteroatoms. The molecule has 1 rings (SSSR count). The van der Waals surface area contributed by atoms with Gasteiger partial charge in [0.1, 0.15) is 6.61 Å². The van der Waals surface area contributed by atoms with E-state index >= 15 is 0 Å². The number of hydrogen-bond acceptors (Lipinski definition) is 4. The third-order valence-corrected chi connectivity index (χ3v) is 5.27. The highest BCUT2D eigenvalue weighted by Gasteiger charge is 2.29. The Morgan fingerprint density at radius 1 is 1.48 bits per heavy atom. The van der Waals surface area contributed by atoms with E-state index in [1.165, 1.54) is 11.2 Å². The minimum atomic E-state index is -3.45. The van der Waals surface area contributed by atoms with E-state index < -0.39 is 22.2 Å². The Bertz CT molecular complexity index is 500. The summed E-state index contributed by atoms with van der Waals surface area (Å²) in [7, 11) is -3.45. The van der Waals surface area contributed by atoms with Gasteiger partial charge in [-0.1, -0.05) is 5.92 Å². The molecule has 1 aliphatic rings. The van der Waals surface area contributed by atoms with Crippen molar-refractivity contribution in [1.82, 2.24) is 9.62 Å². The molecule has 1 heterocycles. The molecule has 0 radical (unpaired) electrons. The Hall–Kier alpha value is -1.30. The number of rotatable bonds is 6. The van der Waals surface area contributed by atoms with Gasteiger partial charge in [-0.15, -0.1) is 5.92 Å². The fourth-order valence-electron chi connectivity index (χ4n) is 2.18. The van der Waals surface area contributed by atoms with Gasteiger partial charge in [-0.3, -0.25) is 0 Å². The number of piperidine rings is 1. The minimum Gasteiger partial charge on any atom is -0.465 e. The summed E-state index contributed by atoms with van der Waals surface area (Å²) in [6.45, 7) is 4.43. The Labute approximate surface area is 125 Å². The molecule has 1 amide bonds. The lowest BCUT2D eigenvalue weighted by Crippen LogP contribution is -2.46. The van der Waals surface area contributed by atoms with E-state index in [0.29, 0.717) is 32.5 Å². The molecule has 1 saturated heterocycles. The number of carbonyl (C=O) groups is 1. The third-order valence-electron chi connectivity index (χ3n) is 3.19. The fraction of sp³-hybridized carbons (Fsp3) is 0.769. The molecular weight excluding hydrogens is 296 g/mol. The molecule has 0 saturated carbocycles. The first-order valence-electron chi connectivity index (χ1n) is 6.83. The average molecular weight is 318 g/mol. The zero-order valence-electron chi connectivity index (χ0n) is 12.3. The zero-order valence-corrected chi connectivity index (χ0v) is 13.1. The molecule has 0 bridgehead atoms. The van der Waals surface area contributed by atoms with Crippen LogP contribution in [-0.4, -0.2) is 61.5 Å². The van der Waals surface area contributed by atoms with Crippen LogP contribution >= 0.6 is 0 Å². The number of hydrogen-bond donors (Lipinski definition) is 2. The van der Waals surface area contributed by atoms with Crippen LogP contribution in [0.5, 0.6) is 0 Å². The molecule has 0 aromatic rings. The fourth-order valence-corrected chi connectivity index (χ4v) is 3.88. The lowest BCUT2D eigenvalue weighted by atomic mass is 10.1. The van der Waals surface area contributed by atoms with Crippen molar-refractivity contribution in [2.45, 2.75) is 38.8 Å². The number of sulfonamides is 1. The van der Waals surface area contributed by atoms with Crippen LogP contribution in [0, 0.1) is 11.8 Å². The lowest BCUT2D eigenvalue weighted by molar-refractivity contribution is 0.0409. The summed E-state index contributed by atoms with van der Waals surface area (Å²) < 4.78 is 31.3. The largest absolute Gasteiger partial charge is 0.465 e. The predicted octanol–water partition coefficient (Wildman–Crippen LogP) is 0.477. The standard InChI is InChI=1S/C13H22N2O5S/c1-3-4-9-20-12-5-7-15(8-6-12)21(18,19)10-11(2)14-13(16)17/h11-12,14H,5-10H2,1-2H3,(H,16,17). The number of nitrogens with one attached hydrogen (secondary N) is 1. The second-order valence-corrected chi connectivity index (χ2v) is 6.98. The predicted molar refractivity (Wildman–Crippen MR) is 78.4 cm³/mol. The molecule has 0 aliphatic carbocycles. The van der Waals surface area contributed by atoms with Crippen molar-refractivity contribution in [3.05, 3.63) is 0 Å². The molecule has 1 unspecified atom stereocenters. The molecule has 21 heavy (non-hydrogen) atoms. The van der Waals surface area contributed by atoms with Gasteiger partial charge in [0.2, 0.25) is 10.0 Å². The van der Waals surface area contributed by atoms with Gasteiger partial charge in [-0.25, -0.2) is 17.5 Å². The van der Waals surface area contributed by atoms with Gasteiger partial charge in [-0.2, -0.15) is 0 Å². The van der Waals surface area contributed by atoms with E-state index in [1.807, 2.05) is 0 Å². The summed E-state index contributed by atoms with van der Waals surface area (Å²) in [4.78, 5) is 10.5. The number of amides is 1. The Morgan fingerprint density at radius 3 is 2.62 bits per heavy atom. The maximum Gasteiger partial charge on any atom is 0.404 e. The molecule has 1 fully saturated rings. The quantitative estimate of drug-likeness (QED) is 0.694. The first-order chi connectivity index (χ1) is 9.85. The summed E-state index contributed by atoms with van der Waals surface area (Å²) in [5.74, 6) is 5.32.